The summed E-state index contributed by atoms with van der Waals surface area (Å²) in [6, 6.07) is 6.05. The molecule has 1 N–H and O–H groups in total. The summed E-state index contributed by atoms with van der Waals surface area (Å²) in [5.41, 5.74) is 1.11. The minimum atomic E-state index is 0.735. The van der Waals surface area contributed by atoms with Crippen molar-refractivity contribution in [1.82, 2.24) is 15.2 Å². The Morgan fingerprint density at radius 3 is 3.10 bits per heavy atom. The first-order chi connectivity index (χ1) is 10.3. The second-order valence-corrected chi connectivity index (χ2v) is 6.56. The Balaban J connectivity index is 1.92. The molecule has 1 aliphatic heterocycles. The van der Waals surface area contributed by atoms with Gasteiger partial charge in [0.05, 0.1) is 0 Å². The molecule has 116 valence electrons. The van der Waals surface area contributed by atoms with Crippen LogP contribution in [0.5, 0.6) is 0 Å². The van der Waals surface area contributed by atoms with Crippen molar-refractivity contribution < 1.29 is 0 Å². The molecule has 2 rings (SSSR count). The Hall–Kier alpha value is -1.23. The van der Waals surface area contributed by atoms with Crippen LogP contribution in [-0.4, -0.2) is 53.0 Å². The van der Waals surface area contributed by atoms with E-state index in [1.165, 1.54) is 12.2 Å². The smallest absolute Gasteiger partial charge is 0.193 e. The van der Waals surface area contributed by atoms with E-state index in [9.17, 15) is 0 Å². The Kier molecular flexibility index (Phi) is 6.86. The lowest BCUT2D eigenvalue weighted by molar-refractivity contribution is 0.408. The van der Waals surface area contributed by atoms with Gasteiger partial charge in [-0.1, -0.05) is 13.0 Å². The van der Waals surface area contributed by atoms with Gasteiger partial charge in [-0.3, -0.25) is 9.98 Å². The number of aliphatic imine (C=N–C) groups is 1. The molecule has 0 aliphatic carbocycles. The monoisotopic (exact) mass is 306 g/mol. The Labute approximate surface area is 132 Å². The first-order valence-corrected chi connectivity index (χ1v) is 8.93. The lowest BCUT2D eigenvalue weighted by atomic mass is 10.3. The van der Waals surface area contributed by atoms with Crippen LogP contribution in [-0.2, 0) is 6.42 Å². The van der Waals surface area contributed by atoms with E-state index in [2.05, 4.69) is 46.9 Å². The highest BCUT2D eigenvalue weighted by molar-refractivity contribution is 8.00. The van der Waals surface area contributed by atoms with Crippen LogP contribution in [0.2, 0.25) is 0 Å². The highest BCUT2D eigenvalue weighted by atomic mass is 32.2. The molecular formula is C16H26N4S. The minimum absolute atomic E-state index is 0.735. The molecule has 0 aromatic carbocycles. The van der Waals surface area contributed by atoms with Gasteiger partial charge in [0.2, 0.25) is 0 Å². The zero-order chi connectivity index (χ0) is 14.9. The molecule has 1 aliphatic rings. The minimum Gasteiger partial charge on any atom is -0.357 e. The van der Waals surface area contributed by atoms with E-state index >= 15 is 0 Å². The molecule has 0 bridgehead atoms. The van der Waals surface area contributed by atoms with Crippen molar-refractivity contribution in [3.63, 3.8) is 0 Å². The predicted molar refractivity (Wildman–Crippen MR) is 92.0 cm³/mol. The van der Waals surface area contributed by atoms with E-state index in [-0.39, 0.29) is 0 Å². The molecule has 1 atom stereocenters. The summed E-state index contributed by atoms with van der Waals surface area (Å²) in [6.45, 7) is 8.31. The maximum absolute atomic E-state index is 4.78. The van der Waals surface area contributed by atoms with Crippen molar-refractivity contribution in [3.8, 4) is 0 Å². The second kappa shape index (κ2) is 8.93. The normalized spacial score (nSPS) is 19.6. The molecule has 5 heteroatoms. The van der Waals surface area contributed by atoms with Crippen LogP contribution in [0.4, 0.5) is 0 Å². The number of pyridine rings is 1. The number of hydrogen-bond acceptors (Lipinski definition) is 3. The van der Waals surface area contributed by atoms with E-state index in [0.717, 1.165) is 49.5 Å². The zero-order valence-corrected chi connectivity index (χ0v) is 13.9. The summed E-state index contributed by atoms with van der Waals surface area (Å²) >= 11 is 2.09. The lowest BCUT2D eigenvalue weighted by Gasteiger charge is -2.34. The predicted octanol–water partition coefficient (Wildman–Crippen LogP) is 2.42. The number of aromatic nitrogens is 1. The maximum Gasteiger partial charge on any atom is 0.193 e. The number of nitrogens with zero attached hydrogens (tertiary/aromatic N) is 3. The molecule has 1 fully saturated rings. The molecule has 21 heavy (non-hydrogen) atoms. The Morgan fingerprint density at radius 2 is 2.38 bits per heavy atom. The highest BCUT2D eigenvalue weighted by Gasteiger charge is 2.21. The fourth-order valence-corrected chi connectivity index (χ4v) is 3.59. The summed E-state index contributed by atoms with van der Waals surface area (Å²) in [6.07, 6.45) is 3.97. The average Bonchev–Trinajstić information content (AvgIpc) is 2.55. The van der Waals surface area contributed by atoms with Gasteiger partial charge in [-0.15, -0.1) is 0 Å². The third kappa shape index (κ3) is 5.23. The summed E-state index contributed by atoms with van der Waals surface area (Å²) < 4.78 is 0. The van der Waals surface area contributed by atoms with E-state index in [1.807, 2.05) is 18.3 Å². The van der Waals surface area contributed by atoms with Crippen molar-refractivity contribution >= 4 is 17.7 Å². The third-order valence-corrected chi connectivity index (χ3v) is 4.96. The molecule has 1 saturated heterocycles. The van der Waals surface area contributed by atoms with Crippen LogP contribution >= 0.6 is 11.8 Å². The SMILES string of the molecule is CCNC(=NCCc1ccccn1)N1CCSC(CC)C1. The molecule has 1 aromatic heterocycles. The van der Waals surface area contributed by atoms with Crippen LogP contribution < -0.4 is 5.32 Å². The van der Waals surface area contributed by atoms with Gasteiger partial charge >= 0.3 is 0 Å². The van der Waals surface area contributed by atoms with Crippen molar-refractivity contribution in [2.24, 2.45) is 4.99 Å². The van der Waals surface area contributed by atoms with Crippen LogP contribution in [0.3, 0.4) is 0 Å². The second-order valence-electron chi connectivity index (χ2n) is 5.15. The van der Waals surface area contributed by atoms with Gasteiger partial charge in [-0.2, -0.15) is 11.8 Å². The van der Waals surface area contributed by atoms with E-state index in [1.54, 1.807) is 0 Å². The number of hydrogen-bond donors (Lipinski definition) is 1. The van der Waals surface area contributed by atoms with Crippen molar-refractivity contribution in [3.05, 3.63) is 30.1 Å². The van der Waals surface area contributed by atoms with Gasteiger partial charge in [0.25, 0.3) is 0 Å². The van der Waals surface area contributed by atoms with Crippen LogP contribution in [0.15, 0.2) is 29.4 Å². The van der Waals surface area contributed by atoms with E-state index in [0.29, 0.717) is 0 Å². The van der Waals surface area contributed by atoms with Crippen LogP contribution in [0, 0.1) is 0 Å². The number of rotatable bonds is 5. The maximum atomic E-state index is 4.78. The summed E-state index contributed by atoms with van der Waals surface area (Å²) in [5.74, 6) is 2.26. The first kappa shape index (κ1) is 16.1. The van der Waals surface area contributed by atoms with E-state index < -0.39 is 0 Å². The largest absolute Gasteiger partial charge is 0.357 e. The number of guanidine groups is 1. The molecular weight excluding hydrogens is 280 g/mol. The molecule has 1 aromatic rings. The number of thioether (sulfide) groups is 1. The third-order valence-electron chi connectivity index (χ3n) is 3.58. The molecule has 4 nitrogen and oxygen atoms in total. The van der Waals surface area contributed by atoms with Gasteiger partial charge in [0.1, 0.15) is 0 Å². The molecule has 0 amide bonds. The lowest BCUT2D eigenvalue weighted by Crippen LogP contribution is -2.48. The van der Waals surface area contributed by atoms with Crippen LogP contribution in [0.25, 0.3) is 0 Å². The standard InChI is InChI=1S/C16H26N4S/c1-3-15-13-20(11-12-21-15)16(17-4-2)19-10-8-14-7-5-6-9-18-14/h5-7,9,15H,3-4,8,10-13H2,1-2H3,(H,17,19). The zero-order valence-electron chi connectivity index (χ0n) is 13.1. The van der Waals surface area contributed by atoms with Crippen LogP contribution in [0.1, 0.15) is 26.0 Å². The van der Waals surface area contributed by atoms with Gasteiger partial charge in [-0.05, 0) is 25.5 Å². The van der Waals surface area contributed by atoms with Gasteiger partial charge < -0.3 is 10.2 Å². The average molecular weight is 306 g/mol. The number of nitrogens with one attached hydrogen (secondary N) is 1. The summed E-state index contributed by atoms with van der Waals surface area (Å²) in [4.78, 5) is 11.5. The summed E-state index contributed by atoms with van der Waals surface area (Å²) in [7, 11) is 0. The quantitative estimate of drug-likeness (QED) is 0.670. The molecule has 0 spiro atoms. The highest BCUT2D eigenvalue weighted by Crippen LogP contribution is 2.21. The topological polar surface area (TPSA) is 40.5 Å². The fourth-order valence-electron chi connectivity index (χ4n) is 2.41. The fraction of sp³-hybridized carbons (Fsp3) is 0.625. The van der Waals surface area contributed by atoms with Gasteiger partial charge in [0, 0.05) is 55.5 Å². The van der Waals surface area contributed by atoms with E-state index in [4.69, 9.17) is 4.99 Å². The Morgan fingerprint density at radius 1 is 1.48 bits per heavy atom. The van der Waals surface area contributed by atoms with Crippen molar-refractivity contribution in [1.29, 1.82) is 0 Å². The Bertz CT molecular complexity index is 435. The molecule has 1 unspecified atom stereocenters. The molecule has 2 heterocycles. The molecule has 0 saturated carbocycles. The van der Waals surface area contributed by atoms with Gasteiger partial charge in [-0.25, -0.2) is 0 Å². The first-order valence-electron chi connectivity index (χ1n) is 7.88. The summed E-state index contributed by atoms with van der Waals surface area (Å²) in [5, 5.41) is 4.16. The van der Waals surface area contributed by atoms with Gasteiger partial charge in [0.15, 0.2) is 5.96 Å². The molecule has 0 radical (unpaired) electrons. The van der Waals surface area contributed by atoms with Crippen molar-refractivity contribution in [2.75, 3.05) is 31.9 Å². The van der Waals surface area contributed by atoms with Crippen molar-refractivity contribution in [2.45, 2.75) is 31.9 Å².